The van der Waals surface area contributed by atoms with E-state index in [1.807, 2.05) is 0 Å². The number of halogens is 1. The predicted octanol–water partition coefficient (Wildman–Crippen LogP) is -0.847. The fourth-order valence-corrected chi connectivity index (χ4v) is 0.747. The first-order chi connectivity index (χ1) is 4.34. The first kappa shape index (κ1) is 9.91. The number of hydrogen-bond donors (Lipinski definition) is 0. The molecule has 0 fully saturated rings. The van der Waals surface area contributed by atoms with Gasteiger partial charge >= 0.3 is 18.9 Å². The summed E-state index contributed by atoms with van der Waals surface area (Å²) in [5.74, 6) is 0.666. The summed E-state index contributed by atoms with van der Waals surface area (Å²) in [7, 11) is 1.58. The van der Waals surface area contributed by atoms with Crippen LogP contribution in [-0.2, 0) is 0 Å². The van der Waals surface area contributed by atoms with Gasteiger partial charge in [0.25, 0.3) is 0 Å². The second kappa shape index (κ2) is 4.68. The van der Waals surface area contributed by atoms with Crippen LogP contribution in [0.15, 0.2) is 18.2 Å². The Morgan fingerprint density at radius 3 is 2.70 bits per heavy atom. The zero-order chi connectivity index (χ0) is 6.69. The second-order valence-electron chi connectivity index (χ2n) is 1.56. The molecule has 0 amide bonds. The van der Waals surface area contributed by atoms with Crippen molar-refractivity contribution in [2.75, 3.05) is 7.11 Å². The first-order valence-electron chi connectivity index (χ1n) is 2.54. The summed E-state index contributed by atoms with van der Waals surface area (Å²) in [5.41, 5.74) is 0. The summed E-state index contributed by atoms with van der Waals surface area (Å²) in [4.78, 5) is 0. The van der Waals surface area contributed by atoms with Crippen molar-refractivity contribution in [2.45, 2.75) is 0 Å². The van der Waals surface area contributed by atoms with E-state index >= 15 is 0 Å². The molecule has 1 aromatic carbocycles. The molecule has 1 aromatic rings. The molecule has 0 heterocycles. The maximum Gasteiger partial charge on any atom is 1.00 e. The van der Waals surface area contributed by atoms with Crippen molar-refractivity contribution in [3.05, 3.63) is 29.3 Å². The van der Waals surface area contributed by atoms with Gasteiger partial charge in [0, 0.05) is 5.75 Å². The minimum absolute atomic E-state index is 0. The summed E-state index contributed by atoms with van der Waals surface area (Å²) in [6.07, 6.45) is 0. The zero-order valence-electron chi connectivity index (χ0n) is 6.02. The molecule has 0 unspecified atom stereocenters. The van der Waals surface area contributed by atoms with Crippen LogP contribution in [0.4, 0.5) is 0 Å². The van der Waals surface area contributed by atoms with Gasteiger partial charge in [-0.05, 0) is 5.02 Å². The average Bonchev–Trinajstić information content (AvgIpc) is 1.89. The number of rotatable bonds is 1. The summed E-state index contributed by atoms with van der Waals surface area (Å²) < 4.78 is 4.88. The van der Waals surface area contributed by atoms with E-state index < -0.39 is 0 Å². The van der Waals surface area contributed by atoms with Crippen LogP contribution in [0.25, 0.3) is 0 Å². The van der Waals surface area contributed by atoms with Crippen molar-refractivity contribution in [3.8, 4) is 5.75 Å². The standard InChI is InChI=1S/C7H6ClO.Li/c1-9-7-5-3-2-4-6(7)8;/h2,4-5H,1H3;/q-1;+1. The first-order valence-corrected chi connectivity index (χ1v) is 2.92. The van der Waals surface area contributed by atoms with Gasteiger partial charge in [-0.2, -0.15) is 12.1 Å². The van der Waals surface area contributed by atoms with E-state index in [9.17, 15) is 0 Å². The Hall–Kier alpha value is -0.0926. The molecule has 3 heteroatoms. The molecule has 0 aliphatic carbocycles. The molecule has 0 atom stereocenters. The van der Waals surface area contributed by atoms with E-state index in [4.69, 9.17) is 16.3 Å². The van der Waals surface area contributed by atoms with Gasteiger partial charge in [-0.1, -0.05) is 0 Å². The fraction of sp³-hybridized carbons (Fsp3) is 0.143. The average molecular weight is 149 g/mol. The molecule has 10 heavy (non-hydrogen) atoms. The molecule has 0 aliphatic heterocycles. The maximum absolute atomic E-state index is 5.68. The Bertz CT molecular complexity index is 203. The van der Waals surface area contributed by atoms with Gasteiger partial charge in [0.05, 0.1) is 7.11 Å². The van der Waals surface area contributed by atoms with E-state index in [1.54, 1.807) is 25.3 Å². The van der Waals surface area contributed by atoms with Crippen LogP contribution < -0.4 is 23.6 Å². The molecule has 0 saturated carbocycles. The van der Waals surface area contributed by atoms with E-state index in [-0.39, 0.29) is 18.9 Å². The molecule has 0 radical (unpaired) electrons. The molecular formula is C7H6ClLiO. The molecule has 0 spiro atoms. The molecule has 1 rings (SSSR count). The van der Waals surface area contributed by atoms with Crippen LogP contribution in [0.1, 0.15) is 0 Å². The molecule has 0 aromatic heterocycles. The normalized spacial score (nSPS) is 8.20. The summed E-state index contributed by atoms with van der Waals surface area (Å²) >= 11 is 5.68. The Labute approximate surface area is 77.5 Å². The van der Waals surface area contributed by atoms with Gasteiger partial charge in [0.1, 0.15) is 0 Å². The van der Waals surface area contributed by atoms with Crippen LogP contribution in [0.2, 0.25) is 5.02 Å². The largest absolute Gasteiger partial charge is 1.00 e. The van der Waals surface area contributed by atoms with Crippen molar-refractivity contribution in [1.82, 2.24) is 0 Å². The third-order valence-electron chi connectivity index (χ3n) is 0.996. The van der Waals surface area contributed by atoms with Crippen molar-refractivity contribution in [3.63, 3.8) is 0 Å². The Morgan fingerprint density at radius 1 is 1.60 bits per heavy atom. The van der Waals surface area contributed by atoms with Gasteiger partial charge in [-0.3, -0.25) is 0 Å². The number of benzene rings is 1. The molecular weight excluding hydrogens is 142 g/mol. The number of ether oxygens (including phenoxy) is 1. The Kier molecular flexibility index (Phi) is 4.64. The smallest absolute Gasteiger partial charge is 0.553 e. The van der Waals surface area contributed by atoms with Crippen molar-refractivity contribution in [2.24, 2.45) is 0 Å². The summed E-state index contributed by atoms with van der Waals surface area (Å²) in [6, 6.07) is 8.02. The molecule has 48 valence electrons. The van der Waals surface area contributed by atoms with Crippen LogP contribution >= 0.6 is 11.6 Å². The third-order valence-corrected chi connectivity index (χ3v) is 1.31. The summed E-state index contributed by atoms with van der Waals surface area (Å²) in [5, 5.41) is 0.622. The molecule has 1 nitrogen and oxygen atoms in total. The quantitative estimate of drug-likeness (QED) is 0.373. The van der Waals surface area contributed by atoms with Crippen LogP contribution in [0.3, 0.4) is 0 Å². The van der Waals surface area contributed by atoms with Crippen LogP contribution in [-0.4, -0.2) is 7.11 Å². The van der Waals surface area contributed by atoms with Gasteiger partial charge in [0.2, 0.25) is 0 Å². The third kappa shape index (κ3) is 2.26. The van der Waals surface area contributed by atoms with E-state index in [2.05, 4.69) is 6.07 Å². The molecule has 0 aliphatic rings. The SMILES string of the molecule is COc1c[c-]ccc1Cl.[Li+]. The van der Waals surface area contributed by atoms with Crippen LogP contribution in [0, 0.1) is 6.07 Å². The van der Waals surface area contributed by atoms with Gasteiger partial charge in [0.15, 0.2) is 0 Å². The predicted molar refractivity (Wildman–Crippen MR) is 36.8 cm³/mol. The molecule has 0 bridgehead atoms. The minimum atomic E-state index is 0. The van der Waals surface area contributed by atoms with Gasteiger partial charge in [-0.25, -0.2) is 0 Å². The van der Waals surface area contributed by atoms with Crippen molar-refractivity contribution < 1.29 is 23.6 Å². The fourth-order valence-electron chi connectivity index (χ4n) is 0.553. The topological polar surface area (TPSA) is 9.23 Å². The Balaban J connectivity index is 0.000000810. The van der Waals surface area contributed by atoms with Gasteiger partial charge < -0.3 is 4.74 Å². The number of methoxy groups -OCH3 is 1. The number of hydrogen-bond acceptors (Lipinski definition) is 1. The molecule has 0 N–H and O–H groups in total. The van der Waals surface area contributed by atoms with Crippen molar-refractivity contribution >= 4 is 11.6 Å². The molecule has 0 saturated heterocycles. The Morgan fingerprint density at radius 2 is 2.30 bits per heavy atom. The van der Waals surface area contributed by atoms with E-state index in [0.29, 0.717) is 10.8 Å². The maximum atomic E-state index is 5.68. The summed E-state index contributed by atoms with van der Waals surface area (Å²) in [6.45, 7) is 0. The van der Waals surface area contributed by atoms with E-state index in [1.165, 1.54) is 0 Å². The zero-order valence-corrected chi connectivity index (χ0v) is 6.77. The van der Waals surface area contributed by atoms with Gasteiger partial charge in [-0.15, -0.1) is 23.7 Å². The monoisotopic (exact) mass is 148 g/mol. The second-order valence-corrected chi connectivity index (χ2v) is 1.97. The van der Waals surface area contributed by atoms with Crippen molar-refractivity contribution in [1.29, 1.82) is 0 Å². The minimum Gasteiger partial charge on any atom is -0.553 e. The van der Waals surface area contributed by atoms with E-state index in [0.717, 1.165) is 0 Å². The van der Waals surface area contributed by atoms with Crippen LogP contribution in [0.5, 0.6) is 5.75 Å².